The monoisotopic (exact) mass is 324 g/mol. The number of rotatable bonds is 3. The van der Waals surface area contributed by atoms with E-state index in [9.17, 15) is 9.59 Å². The maximum absolute atomic E-state index is 12.1. The summed E-state index contributed by atoms with van der Waals surface area (Å²) in [6, 6.07) is 16.4. The topological polar surface area (TPSA) is 62.8 Å². The van der Waals surface area contributed by atoms with Gasteiger partial charge in [-0.15, -0.1) is 0 Å². The lowest BCUT2D eigenvalue weighted by molar-refractivity contribution is 0.101. The summed E-state index contributed by atoms with van der Waals surface area (Å²) in [7, 11) is 0. The zero-order valence-corrected chi connectivity index (χ0v) is 13.1. The van der Waals surface area contributed by atoms with E-state index < -0.39 is 5.56 Å². The number of carbonyl (C=O) groups excluding carboxylic acids is 1. The summed E-state index contributed by atoms with van der Waals surface area (Å²) in [4.78, 5) is 24.2. The van der Waals surface area contributed by atoms with E-state index in [-0.39, 0.29) is 11.3 Å². The molecule has 23 heavy (non-hydrogen) atoms. The van der Waals surface area contributed by atoms with E-state index in [1.807, 2.05) is 30.3 Å². The smallest absolute Gasteiger partial charge is 0.275 e. The van der Waals surface area contributed by atoms with Crippen LogP contribution in [0.4, 0.5) is 0 Å². The highest BCUT2D eigenvalue weighted by molar-refractivity contribution is 6.30. The molecule has 0 aliphatic carbocycles. The standard InChI is InChI=1S/C18H13ClN2O2/c1-11(22)15-16(12-5-3-2-4-6-12)17(20-21-18(15)23)13-7-9-14(19)10-8-13/h2-10H,1H3,(H,21,23). The zero-order valence-electron chi connectivity index (χ0n) is 12.3. The molecule has 1 aromatic heterocycles. The number of hydrogen-bond acceptors (Lipinski definition) is 3. The fraction of sp³-hybridized carbons (Fsp3) is 0.0556. The average Bonchev–Trinajstić information content (AvgIpc) is 2.56. The first-order chi connectivity index (χ1) is 11.1. The number of carbonyl (C=O) groups is 1. The van der Waals surface area contributed by atoms with Crippen molar-refractivity contribution in [3.63, 3.8) is 0 Å². The van der Waals surface area contributed by atoms with Crippen LogP contribution in [0.2, 0.25) is 5.02 Å². The summed E-state index contributed by atoms with van der Waals surface area (Å²) in [5.74, 6) is -0.303. The minimum absolute atomic E-state index is 0.108. The van der Waals surface area contributed by atoms with Crippen LogP contribution in [-0.2, 0) is 0 Å². The number of aromatic amines is 1. The molecule has 1 heterocycles. The Kier molecular flexibility index (Phi) is 4.08. The number of ketones is 1. The lowest BCUT2D eigenvalue weighted by Gasteiger charge is -2.12. The molecule has 2 aromatic carbocycles. The first-order valence-corrected chi connectivity index (χ1v) is 7.40. The van der Waals surface area contributed by atoms with Crippen LogP contribution in [0, 0.1) is 0 Å². The van der Waals surface area contributed by atoms with Gasteiger partial charge in [-0.3, -0.25) is 9.59 Å². The van der Waals surface area contributed by atoms with Crippen molar-refractivity contribution < 1.29 is 4.79 Å². The molecule has 0 fully saturated rings. The zero-order chi connectivity index (χ0) is 16.4. The molecule has 0 amide bonds. The molecule has 0 saturated heterocycles. The maximum Gasteiger partial charge on any atom is 0.275 e. The van der Waals surface area contributed by atoms with Crippen LogP contribution in [0.3, 0.4) is 0 Å². The molecular formula is C18H13ClN2O2. The Bertz CT molecular complexity index is 916. The van der Waals surface area contributed by atoms with Gasteiger partial charge in [-0.25, -0.2) is 5.10 Å². The van der Waals surface area contributed by atoms with Crippen molar-refractivity contribution in [3.8, 4) is 22.4 Å². The summed E-state index contributed by atoms with van der Waals surface area (Å²) in [5.41, 5.74) is 2.22. The second kappa shape index (κ2) is 6.18. The highest BCUT2D eigenvalue weighted by Gasteiger charge is 2.20. The van der Waals surface area contributed by atoms with Gasteiger partial charge >= 0.3 is 0 Å². The van der Waals surface area contributed by atoms with E-state index in [4.69, 9.17) is 11.6 Å². The number of H-pyrrole nitrogens is 1. The fourth-order valence-corrected chi connectivity index (χ4v) is 2.61. The Labute approximate surface area is 137 Å². The van der Waals surface area contributed by atoms with Gasteiger partial charge in [-0.1, -0.05) is 54.1 Å². The van der Waals surface area contributed by atoms with E-state index in [1.54, 1.807) is 24.3 Å². The number of benzene rings is 2. The Hall–Kier alpha value is -2.72. The van der Waals surface area contributed by atoms with Crippen LogP contribution in [0.5, 0.6) is 0 Å². The SMILES string of the molecule is CC(=O)c1c(-c2ccccc2)c(-c2ccc(Cl)cc2)n[nH]c1=O. The van der Waals surface area contributed by atoms with E-state index in [2.05, 4.69) is 10.2 Å². The Morgan fingerprint density at radius 2 is 1.65 bits per heavy atom. The minimum Gasteiger partial charge on any atom is -0.294 e. The number of aromatic nitrogens is 2. The molecule has 3 rings (SSSR count). The van der Waals surface area contributed by atoms with Gasteiger partial charge in [0.1, 0.15) is 0 Å². The molecule has 3 aromatic rings. The van der Waals surface area contributed by atoms with E-state index in [0.29, 0.717) is 16.3 Å². The van der Waals surface area contributed by atoms with Crippen molar-refractivity contribution >= 4 is 17.4 Å². The molecule has 0 radical (unpaired) electrons. The van der Waals surface area contributed by atoms with Gasteiger partial charge in [0.15, 0.2) is 5.78 Å². The van der Waals surface area contributed by atoms with Crippen molar-refractivity contribution in [2.24, 2.45) is 0 Å². The van der Waals surface area contributed by atoms with E-state index in [1.165, 1.54) is 6.92 Å². The molecule has 0 aliphatic heterocycles. The molecule has 0 bridgehead atoms. The molecule has 0 spiro atoms. The maximum atomic E-state index is 12.1. The highest BCUT2D eigenvalue weighted by atomic mass is 35.5. The number of nitrogens with zero attached hydrogens (tertiary/aromatic N) is 1. The molecule has 0 aliphatic rings. The normalized spacial score (nSPS) is 10.5. The van der Waals surface area contributed by atoms with Gasteiger partial charge in [-0.05, 0) is 24.6 Å². The number of hydrogen-bond donors (Lipinski definition) is 1. The summed E-state index contributed by atoms with van der Waals surface area (Å²) < 4.78 is 0. The Morgan fingerprint density at radius 1 is 1.00 bits per heavy atom. The van der Waals surface area contributed by atoms with Gasteiger partial charge < -0.3 is 0 Å². The third-order valence-electron chi connectivity index (χ3n) is 3.52. The highest BCUT2D eigenvalue weighted by Crippen LogP contribution is 2.32. The molecular weight excluding hydrogens is 312 g/mol. The van der Waals surface area contributed by atoms with Gasteiger partial charge in [-0.2, -0.15) is 5.10 Å². The van der Waals surface area contributed by atoms with Crippen LogP contribution in [0.15, 0.2) is 59.4 Å². The van der Waals surface area contributed by atoms with E-state index in [0.717, 1.165) is 11.1 Å². The second-order valence-electron chi connectivity index (χ2n) is 5.08. The molecule has 5 heteroatoms. The first kappa shape index (κ1) is 15.2. The lowest BCUT2D eigenvalue weighted by Crippen LogP contribution is -2.20. The second-order valence-corrected chi connectivity index (χ2v) is 5.52. The van der Waals surface area contributed by atoms with Gasteiger partial charge in [0.25, 0.3) is 5.56 Å². The lowest BCUT2D eigenvalue weighted by atomic mass is 9.94. The van der Waals surface area contributed by atoms with Crippen LogP contribution in [-0.4, -0.2) is 16.0 Å². The average molecular weight is 325 g/mol. The molecule has 1 N–H and O–H groups in total. The van der Waals surface area contributed by atoms with Crippen LogP contribution < -0.4 is 5.56 Å². The summed E-state index contributed by atoms with van der Waals surface area (Å²) >= 11 is 5.93. The largest absolute Gasteiger partial charge is 0.294 e. The van der Waals surface area contributed by atoms with Gasteiger partial charge in [0.05, 0.1) is 11.3 Å². The van der Waals surface area contributed by atoms with Crippen molar-refractivity contribution in [3.05, 3.63) is 75.5 Å². The van der Waals surface area contributed by atoms with Crippen LogP contribution in [0.25, 0.3) is 22.4 Å². The van der Waals surface area contributed by atoms with Crippen molar-refractivity contribution in [2.75, 3.05) is 0 Å². The van der Waals surface area contributed by atoms with Gasteiger partial charge in [0, 0.05) is 16.1 Å². The van der Waals surface area contributed by atoms with Gasteiger partial charge in [0.2, 0.25) is 0 Å². The fourth-order valence-electron chi connectivity index (χ4n) is 2.49. The quantitative estimate of drug-likeness (QED) is 0.742. The Morgan fingerprint density at radius 3 is 2.26 bits per heavy atom. The third kappa shape index (κ3) is 2.94. The minimum atomic E-state index is -0.492. The third-order valence-corrected chi connectivity index (χ3v) is 3.77. The summed E-state index contributed by atoms with van der Waals surface area (Å²) in [6.07, 6.45) is 0. The summed E-state index contributed by atoms with van der Waals surface area (Å²) in [6.45, 7) is 1.38. The number of halogens is 1. The van der Waals surface area contributed by atoms with E-state index >= 15 is 0 Å². The predicted molar refractivity (Wildman–Crippen MR) is 90.7 cm³/mol. The first-order valence-electron chi connectivity index (χ1n) is 7.03. The van der Waals surface area contributed by atoms with Crippen LogP contribution in [0.1, 0.15) is 17.3 Å². The van der Waals surface area contributed by atoms with Crippen molar-refractivity contribution in [1.29, 1.82) is 0 Å². The van der Waals surface area contributed by atoms with Crippen molar-refractivity contribution in [2.45, 2.75) is 6.92 Å². The van der Waals surface area contributed by atoms with Crippen molar-refractivity contribution in [1.82, 2.24) is 10.2 Å². The Balaban J connectivity index is 2.37. The number of Topliss-reactive ketones (excluding diaryl/α,β-unsaturated/α-hetero) is 1. The van der Waals surface area contributed by atoms with Crippen LogP contribution >= 0.6 is 11.6 Å². The molecule has 0 atom stereocenters. The molecule has 114 valence electrons. The number of nitrogens with one attached hydrogen (secondary N) is 1. The predicted octanol–water partition coefficient (Wildman–Crippen LogP) is 3.96. The molecule has 0 unspecified atom stereocenters. The molecule has 0 saturated carbocycles. The molecule has 4 nitrogen and oxygen atoms in total. The summed E-state index contributed by atoms with van der Waals surface area (Å²) in [5, 5.41) is 7.18.